The van der Waals surface area contributed by atoms with E-state index in [9.17, 15) is 0 Å². The molecule has 1 aromatic carbocycles. The zero-order valence-electron chi connectivity index (χ0n) is 11.6. The predicted octanol–water partition coefficient (Wildman–Crippen LogP) is 3.53. The van der Waals surface area contributed by atoms with Gasteiger partial charge in [0.2, 0.25) is 0 Å². The van der Waals surface area contributed by atoms with Crippen LogP contribution in [0.3, 0.4) is 0 Å². The molecule has 0 amide bonds. The second-order valence-corrected chi connectivity index (χ2v) is 6.04. The SMILES string of the molecule is Cc1cnc(CCNc2cc(C#N)nc3ccccc23)s1. The second-order valence-electron chi connectivity index (χ2n) is 4.73. The molecule has 104 valence electrons. The fourth-order valence-corrected chi connectivity index (χ4v) is 2.99. The van der Waals surface area contributed by atoms with Crippen molar-refractivity contribution in [2.45, 2.75) is 13.3 Å². The van der Waals surface area contributed by atoms with Gasteiger partial charge in [-0.15, -0.1) is 11.3 Å². The largest absolute Gasteiger partial charge is 0.384 e. The average molecular weight is 294 g/mol. The van der Waals surface area contributed by atoms with Gasteiger partial charge in [0, 0.05) is 35.1 Å². The van der Waals surface area contributed by atoms with E-state index in [1.165, 1.54) is 4.88 Å². The highest BCUT2D eigenvalue weighted by atomic mass is 32.1. The molecule has 0 saturated heterocycles. The van der Waals surface area contributed by atoms with E-state index in [0.717, 1.165) is 34.6 Å². The van der Waals surface area contributed by atoms with Crippen LogP contribution in [0.5, 0.6) is 0 Å². The van der Waals surface area contributed by atoms with Gasteiger partial charge in [-0.05, 0) is 19.1 Å². The Morgan fingerprint density at radius 2 is 2.19 bits per heavy atom. The van der Waals surface area contributed by atoms with Crippen molar-refractivity contribution in [3.05, 3.63) is 52.1 Å². The maximum Gasteiger partial charge on any atom is 0.143 e. The molecule has 0 atom stereocenters. The van der Waals surface area contributed by atoms with Gasteiger partial charge in [0.25, 0.3) is 0 Å². The molecule has 0 aliphatic heterocycles. The minimum atomic E-state index is 0.432. The van der Waals surface area contributed by atoms with Gasteiger partial charge >= 0.3 is 0 Å². The third-order valence-electron chi connectivity index (χ3n) is 3.15. The fourth-order valence-electron chi connectivity index (χ4n) is 2.20. The lowest BCUT2D eigenvalue weighted by molar-refractivity contribution is 0.999. The van der Waals surface area contributed by atoms with Crippen molar-refractivity contribution < 1.29 is 0 Å². The van der Waals surface area contributed by atoms with Gasteiger partial charge in [-0.25, -0.2) is 9.97 Å². The number of benzene rings is 1. The van der Waals surface area contributed by atoms with Crippen LogP contribution in [0.2, 0.25) is 0 Å². The standard InChI is InChI=1S/C16H14N4S/c1-11-10-19-16(21-11)6-7-18-15-8-12(9-17)20-14-5-3-2-4-13(14)15/h2-5,8,10H,6-7H2,1H3,(H,18,20). The highest BCUT2D eigenvalue weighted by molar-refractivity contribution is 7.11. The van der Waals surface area contributed by atoms with Crippen LogP contribution >= 0.6 is 11.3 Å². The summed E-state index contributed by atoms with van der Waals surface area (Å²) in [6.45, 7) is 2.84. The Hall–Kier alpha value is -2.45. The molecule has 0 fully saturated rings. The number of rotatable bonds is 4. The van der Waals surface area contributed by atoms with Crippen LogP contribution in [0.4, 0.5) is 5.69 Å². The minimum Gasteiger partial charge on any atom is -0.384 e. The quantitative estimate of drug-likeness (QED) is 0.799. The maximum absolute atomic E-state index is 9.08. The number of nitrogens with zero attached hydrogens (tertiary/aromatic N) is 3. The number of hydrogen-bond donors (Lipinski definition) is 1. The molecule has 0 bridgehead atoms. The third kappa shape index (κ3) is 3.01. The van der Waals surface area contributed by atoms with Crippen LogP contribution in [0, 0.1) is 18.3 Å². The van der Waals surface area contributed by atoms with Gasteiger partial charge in [0.15, 0.2) is 0 Å². The van der Waals surface area contributed by atoms with E-state index in [-0.39, 0.29) is 0 Å². The summed E-state index contributed by atoms with van der Waals surface area (Å²) in [7, 11) is 0. The number of nitriles is 1. The van der Waals surface area contributed by atoms with Gasteiger partial charge < -0.3 is 5.32 Å². The number of anilines is 1. The van der Waals surface area contributed by atoms with E-state index in [0.29, 0.717) is 5.69 Å². The van der Waals surface area contributed by atoms with Crippen molar-refractivity contribution in [1.29, 1.82) is 5.26 Å². The lowest BCUT2D eigenvalue weighted by atomic mass is 10.1. The molecule has 0 radical (unpaired) electrons. The molecule has 0 aliphatic rings. The van der Waals surface area contributed by atoms with E-state index in [4.69, 9.17) is 5.26 Å². The van der Waals surface area contributed by atoms with Gasteiger partial charge in [-0.1, -0.05) is 18.2 Å². The first-order chi connectivity index (χ1) is 10.3. The lowest BCUT2D eigenvalue weighted by Crippen LogP contribution is -2.06. The van der Waals surface area contributed by atoms with Crippen LogP contribution in [0.25, 0.3) is 10.9 Å². The van der Waals surface area contributed by atoms with Crippen LogP contribution in [-0.2, 0) is 6.42 Å². The molecule has 2 heterocycles. The van der Waals surface area contributed by atoms with Crippen molar-refractivity contribution >= 4 is 27.9 Å². The number of para-hydroxylation sites is 1. The average Bonchev–Trinajstić information content (AvgIpc) is 2.92. The molecule has 0 aliphatic carbocycles. The highest BCUT2D eigenvalue weighted by Crippen LogP contribution is 2.23. The van der Waals surface area contributed by atoms with Crippen molar-refractivity contribution in [1.82, 2.24) is 9.97 Å². The first-order valence-electron chi connectivity index (χ1n) is 6.71. The van der Waals surface area contributed by atoms with E-state index in [2.05, 4.69) is 28.3 Å². The smallest absolute Gasteiger partial charge is 0.143 e. The molecule has 0 spiro atoms. The summed E-state index contributed by atoms with van der Waals surface area (Å²) in [6, 6.07) is 11.8. The molecule has 4 nitrogen and oxygen atoms in total. The maximum atomic E-state index is 9.08. The monoisotopic (exact) mass is 294 g/mol. The first-order valence-corrected chi connectivity index (χ1v) is 7.53. The van der Waals surface area contributed by atoms with Crippen molar-refractivity contribution in [2.24, 2.45) is 0 Å². The van der Waals surface area contributed by atoms with Gasteiger partial charge in [0.1, 0.15) is 11.8 Å². The number of fused-ring (bicyclic) bond motifs is 1. The molecule has 2 aromatic heterocycles. The van der Waals surface area contributed by atoms with Crippen molar-refractivity contribution in [3.63, 3.8) is 0 Å². The topological polar surface area (TPSA) is 61.6 Å². The number of aromatic nitrogens is 2. The van der Waals surface area contributed by atoms with E-state index in [1.807, 2.05) is 30.5 Å². The van der Waals surface area contributed by atoms with Crippen LogP contribution in [0.1, 0.15) is 15.6 Å². The Bertz CT molecular complexity index is 817. The van der Waals surface area contributed by atoms with E-state index in [1.54, 1.807) is 17.4 Å². The van der Waals surface area contributed by atoms with Crippen molar-refractivity contribution in [2.75, 3.05) is 11.9 Å². The summed E-state index contributed by atoms with van der Waals surface area (Å²) in [5.74, 6) is 0. The Labute approximate surface area is 127 Å². The molecular weight excluding hydrogens is 280 g/mol. The third-order valence-corrected chi connectivity index (χ3v) is 4.13. The van der Waals surface area contributed by atoms with Gasteiger partial charge in [-0.3, -0.25) is 0 Å². The fraction of sp³-hybridized carbons (Fsp3) is 0.188. The Balaban J connectivity index is 1.81. The first kappa shape index (κ1) is 13.5. The predicted molar refractivity (Wildman–Crippen MR) is 85.5 cm³/mol. The molecule has 3 rings (SSSR count). The minimum absolute atomic E-state index is 0.432. The molecule has 0 saturated carbocycles. The molecule has 21 heavy (non-hydrogen) atoms. The zero-order chi connectivity index (χ0) is 14.7. The normalized spacial score (nSPS) is 10.5. The Morgan fingerprint density at radius 1 is 1.33 bits per heavy atom. The summed E-state index contributed by atoms with van der Waals surface area (Å²) in [6.07, 6.45) is 2.77. The highest BCUT2D eigenvalue weighted by Gasteiger charge is 2.05. The summed E-state index contributed by atoms with van der Waals surface area (Å²) in [5, 5.41) is 14.6. The molecule has 5 heteroatoms. The zero-order valence-corrected chi connectivity index (χ0v) is 12.4. The van der Waals surface area contributed by atoms with E-state index < -0.39 is 0 Å². The Kier molecular flexibility index (Phi) is 3.80. The van der Waals surface area contributed by atoms with E-state index >= 15 is 0 Å². The summed E-state index contributed by atoms with van der Waals surface area (Å²) in [4.78, 5) is 9.90. The molecule has 3 aromatic rings. The summed E-state index contributed by atoms with van der Waals surface area (Å²) >= 11 is 1.72. The number of nitrogens with one attached hydrogen (secondary N) is 1. The molecule has 0 unspecified atom stereocenters. The lowest BCUT2D eigenvalue weighted by Gasteiger charge is -2.09. The second kappa shape index (κ2) is 5.90. The van der Waals surface area contributed by atoms with Crippen LogP contribution in [0.15, 0.2) is 36.5 Å². The summed E-state index contributed by atoms with van der Waals surface area (Å²) < 4.78 is 0. The Morgan fingerprint density at radius 3 is 2.95 bits per heavy atom. The van der Waals surface area contributed by atoms with Gasteiger partial charge in [0.05, 0.1) is 10.5 Å². The molecule has 1 N–H and O–H groups in total. The van der Waals surface area contributed by atoms with Gasteiger partial charge in [-0.2, -0.15) is 5.26 Å². The molecular formula is C16H14N4S. The van der Waals surface area contributed by atoms with Crippen molar-refractivity contribution in [3.8, 4) is 6.07 Å². The number of aryl methyl sites for hydroxylation is 1. The number of hydrogen-bond acceptors (Lipinski definition) is 5. The van der Waals surface area contributed by atoms with Crippen LogP contribution in [-0.4, -0.2) is 16.5 Å². The number of pyridine rings is 1. The summed E-state index contributed by atoms with van der Waals surface area (Å²) in [5.41, 5.74) is 2.22. The number of thiazole rings is 1. The van der Waals surface area contributed by atoms with Crippen LogP contribution < -0.4 is 5.32 Å².